The molecule has 4 rings (SSSR count). The highest BCUT2D eigenvalue weighted by Gasteiger charge is 2.36. The van der Waals surface area contributed by atoms with Crippen molar-refractivity contribution in [2.75, 3.05) is 32.1 Å². The minimum absolute atomic E-state index is 0.0882. The van der Waals surface area contributed by atoms with Gasteiger partial charge < -0.3 is 19.5 Å². The molecular weight excluding hydrogens is 318 g/mol. The second-order valence-electron chi connectivity index (χ2n) is 7.13. The first-order chi connectivity index (χ1) is 12.2. The first-order valence-corrected chi connectivity index (χ1v) is 8.98. The lowest BCUT2D eigenvalue weighted by atomic mass is 10.0. The van der Waals surface area contributed by atoms with Crippen molar-refractivity contribution in [3.05, 3.63) is 35.7 Å². The van der Waals surface area contributed by atoms with Gasteiger partial charge in [-0.2, -0.15) is 4.98 Å². The fourth-order valence-electron chi connectivity index (χ4n) is 3.37. The predicted octanol–water partition coefficient (Wildman–Crippen LogP) is 2.28. The zero-order chi connectivity index (χ0) is 17.2. The predicted molar refractivity (Wildman–Crippen MR) is 93.3 cm³/mol. The van der Waals surface area contributed by atoms with Crippen LogP contribution < -0.4 is 10.2 Å². The van der Waals surface area contributed by atoms with E-state index in [0.717, 1.165) is 31.9 Å². The molecule has 0 spiro atoms. The molecule has 2 fully saturated rings. The van der Waals surface area contributed by atoms with Crippen molar-refractivity contribution in [2.24, 2.45) is 5.92 Å². The maximum Gasteiger partial charge on any atom is 0.256 e. The monoisotopic (exact) mass is 343 g/mol. The smallest absolute Gasteiger partial charge is 0.256 e. The Labute approximate surface area is 147 Å². The Balaban J connectivity index is 1.35. The van der Waals surface area contributed by atoms with E-state index in [9.17, 15) is 0 Å². The summed E-state index contributed by atoms with van der Waals surface area (Å²) in [5.74, 6) is 2.35. The van der Waals surface area contributed by atoms with Crippen LogP contribution in [0.2, 0.25) is 0 Å². The molecule has 2 atom stereocenters. The molecule has 0 aromatic carbocycles. The summed E-state index contributed by atoms with van der Waals surface area (Å²) in [6.45, 7) is 2.38. The largest absolute Gasteiger partial charge is 0.377 e. The van der Waals surface area contributed by atoms with Gasteiger partial charge in [0.25, 0.3) is 5.89 Å². The molecule has 25 heavy (non-hydrogen) atoms. The highest BCUT2D eigenvalue weighted by atomic mass is 16.5. The van der Waals surface area contributed by atoms with Gasteiger partial charge in [-0.05, 0) is 25.3 Å². The minimum atomic E-state index is -0.0882. The summed E-state index contributed by atoms with van der Waals surface area (Å²) in [6.07, 6.45) is 7.02. The number of rotatable bonds is 7. The summed E-state index contributed by atoms with van der Waals surface area (Å²) in [4.78, 5) is 10.9. The number of hydrogen-bond donors (Lipinski definition) is 1. The maximum atomic E-state index is 5.87. The zero-order valence-corrected chi connectivity index (χ0v) is 14.8. The van der Waals surface area contributed by atoms with Gasteiger partial charge in [-0.1, -0.05) is 5.16 Å². The normalized spacial score (nSPS) is 23.1. The van der Waals surface area contributed by atoms with E-state index >= 15 is 0 Å². The van der Waals surface area contributed by atoms with Gasteiger partial charge in [0.1, 0.15) is 6.10 Å². The Morgan fingerprint density at radius 1 is 1.28 bits per heavy atom. The third-order valence-corrected chi connectivity index (χ3v) is 4.94. The minimum Gasteiger partial charge on any atom is -0.377 e. The molecule has 1 N–H and O–H groups in total. The Morgan fingerprint density at radius 3 is 2.96 bits per heavy atom. The number of hydrogen-bond acceptors (Lipinski definition) is 7. The molecule has 134 valence electrons. The van der Waals surface area contributed by atoms with Crippen LogP contribution in [0.5, 0.6) is 0 Å². The summed E-state index contributed by atoms with van der Waals surface area (Å²) in [5.41, 5.74) is 2.38. The van der Waals surface area contributed by atoms with Crippen LogP contribution in [0, 0.1) is 5.92 Å². The van der Waals surface area contributed by atoms with Crippen molar-refractivity contribution in [3.63, 3.8) is 0 Å². The van der Waals surface area contributed by atoms with Crippen LogP contribution in [0.15, 0.2) is 23.0 Å². The summed E-state index contributed by atoms with van der Waals surface area (Å²) in [5, 5.41) is 7.66. The summed E-state index contributed by atoms with van der Waals surface area (Å²) >= 11 is 0. The third kappa shape index (κ3) is 3.67. The molecule has 1 saturated carbocycles. The highest BCUT2D eigenvalue weighted by Crippen LogP contribution is 2.40. The molecule has 0 amide bonds. The van der Waals surface area contributed by atoms with Crippen LogP contribution in [0.3, 0.4) is 0 Å². The topological polar surface area (TPSA) is 76.3 Å². The van der Waals surface area contributed by atoms with E-state index in [1.54, 1.807) is 0 Å². The van der Waals surface area contributed by atoms with Gasteiger partial charge in [0.15, 0.2) is 5.82 Å². The molecule has 0 unspecified atom stereocenters. The fraction of sp³-hybridized carbons (Fsp3) is 0.611. The molecule has 0 radical (unpaired) electrons. The number of ether oxygens (including phenoxy) is 1. The average molecular weight is 343 g/mol. The van der Waals surface area contributed by atoms with Crippen molar-refractivity contribution in [3.8, 4) is 0 Å². The first-order valence-electron chi connectivity index (χ1n) is 8.98. The quantitative estimate of drug-likeness (QED) is 0.826. The molecule has 1 saturated heterocycles. The maximum absolute atomic E-state index is 5.87. The Bertz CT molecular complexity index is 713. The summed E-state index contributed by atoms with van der Waals surface area (Å²) in [6, 6.07) is 2.04. The van der Waals surface area contributed by atoms with E-state index in [4.69, 9.17) is 9.26 Å². The number of anilines is 1. The van der Waals surface area contributed by atoms with Crippen LogP contribution in [-0.4, -0.2) is 42.4 Å². The second-order valence-corrected chi connectivity index (χ2v) is 7.13. The molecule has 2 aliphatic rings. The standard InChI is InChI=1S/C18H25N5O2/c1-23(2)15-5-7-19-10-14(15)11-20-9-13-6-8-24-16(13)18-21-17(22-25-18)12-3-4-12/h5,7,10,12-13,16,20H,3-4,6,8-9,11H2,1-2H3/t13-,16-/m0/s1. The van der Waals surface area contributed by atoms with Crippen molar-refractivity contribution in [1.29, 1.82) is 0 Å². The Kier molecular flexibility index (Phi) is 4.67. The lowest BCUT2D eigenvalue weighted by molar-refractivity contribution is 0.0623. The number of aromatic nitrogens is 3. The van der Waals surface area contributed by atoms with Gasteiger partial charge in [-0.25, -0.2) is 0 Å². The van der Waals surface area contributed by atoms with Gasteiger partial charge in [-0.15, -0.1) is 0 Å². The van der Waals surface area contributed by atoms with Gasteiger partial charge in [0.05, 0.1) is 0 Å². The lowest BCUT2D eigenvalue weighted by Gasteiger charge is -2.19. The van der Waals surface area contributed by atoms with Gasteiger partial charge in [-0.3, -0.25) is 4.98 Å². The van der Waals surface area contributed by atoms with Crippen LogP contribution in [0.25, 0.3) is 0 Å². The summed E-state index contributed by atoms with van der Waals surface area (Å²) < 4.78 is 11.3. The molecule has 2 aromatic rings. The van der Waals surface area contributed by atoms with Crippen LogP contribution in [0.4, 0.5) is 5.69 Å². The van der Waals surface area contributed by atoms with E-state index in [2.05, 4.69) is 25.3 Å². The zero-order valence-electron chi connectivity index (χ0n) is 14.8. The second kappa shape index (κ2) is 7.09. The SMILES string of the molecule is CN(C)c1ccncc1CNC[C@@H]1CCO[C@@H]1c1nc(C2CC2)no1. The van der Waals surface area contributed by atoms with E-state index in [-0.39, 0.29) is 6.10 Å². The van der Waals surface area contributed by atoms with E-state index in [1.807, 2.05) is 32.6 Å². The molecule has 1 aliphatic heterocycles. The van der Waals surface area contributed by atoms with E-state index < -0.39 is 0 Å². The summed E-state index contributed by atoms with van der Waals surface area (Å²) in [7, 11) is 4.10. The fourth-order valence-corrected chi connectivity index (χ4v) is 3.37. The van der Waals surface area contributed by atoms with Gasteiger partial charge in [0, 0.05) is 69.3 Å². The van der Waals surface area contributed by atoms with Crippen LogP contribution >= 0.6 is 0 Å². The van der Waals surface area contributed by atoms with Gasteiger partial charge in [0.2, 0.25) is 0 Å². The van der Waals surface area contributed by atoms with Crippen molar-refractivity contribution in [2.45, 2.75) is 37.8 Å². The van der Waals surface area contributed by atoms with Crippen molar-refractivity contribution in [1.82, 2.24) is 20.4 Å². The lowest BCUT2D eigenvalue weighted by Crippen LogP contribution is -2.25. The molecule has 3 heterocycles. The molecular formula is C18H25N5O2. The van der Waals surface area contributed by atoms with E-state index in [1.165, 1.54) is 24.1 Å². The molecule has 0 bridgehead atoms. The number of pyridine rings is 1. The number of nitrogens with one attached hydrogen (secondary N) is 1. The third-order valence-electron chi connectivity index (χ3n) is 4.94. The highest BCUT2D eigenvalue weighted by molar-refractivity contribution is 5.50. The number of nitrogens with zero attached hydrogens (tertiary/aromatic N) is 4. The molecule has 7 heteroatoms. The molecule has 1 aliphatic carbocycles. The average Bonchev–Trinajstić information content (AvgIpc) is 3.16. The Morgan fingerprint density at radius 2 is 2.16 bits per heavy atom. The van der Waals surface area contributed by atoms with Gasteiger partial charge >= 0.3 is 0 Å². The molecule has 7 nitrogen and oxygen atoms in total. The Hall–Kier alpha value is -1.99. The van der Waals surface area contributed by atoms with E-state index in [0.29, 0.717) is 17.7 Å². The van der Waals surface area contributed by atoms with Crippen LogP contribution in [-0.2, 0) is 11.3 Å². The van der Waals surface area contributed by atoms with Crippen molar-refractivity contribution < 1.29 is 9.26 Å². The first kappa shape index (κ1) is 16.5. The van der Waals surface area contributed by atoms with Crippen molar-refractivity contribution >= 4 is 5.69 Å². The van der Waals surface area contributed by atoms with Crippen LogP contribution in [0.1, 0.15) is 48.6 Å². The molecule has 2 aromatic heterocycles.